The number of hydrogen-bond acceptors (Lipinski definition) is 1. The molecule has 1 fully saturated rings. The van der Waals surface area contributed by atoms with E-state index >= 15 is 0 Å². The largest absolute Gasteiger partial charge is 0.307 e. The van der Waals surface area contributed by atoms with Crippen LogP contribution in [-0.2, 0) is 6.42 Å². The van der Waals surface area contributed by atoms with E-state index in [1.165, 1.54) is 43.2 Å². The Labute approximate surface area is 118 Å². The summed E-state index contributed by atoms with van der Waals surface area (Å²) in [6.07, 6.45) is 7.82. The minimum atomic E-state index is 0.529. The number of benzene rings is 1. The summed E-state index contributed by atoms with van der Waals surface area (Å²) in [5.41, 5.74) is 2.89. The minimum absolute atomic E-state index is 0.529. The average Bonchev–Trinajstić information content (AvgIpc) is 2.45. The summed E-state index contributed by atoms with van der Waals surface area (Å²) in [6, 6.07) is 10.4. The van der Waals surface area contributed by atoms with E-state index in [-0.39, 0.29) is 0 Å². The van der Waals surface area contributed by atoms with Crippen molar-refractivity contribution in [2.24, 2.45) is 5.92 Å². The maximum atomic E-state index is 3.89. The van der Waals surface area contributed by atoms with E-state index in [1.54, 1.807) is 0 Å². The first-order valence-electron chi connectivity index (χ1n) is 8.07. The van der Waals surface area contributed by atoms with Crippen LogP contribution in [0.1, 0.15) is 70.0 Å². The molecule has 3 unspecified atom stereocenters. The van der Waals surface area contributed by atoms with Crippen LogP contribution in [0.4, 0.5) is 0 Å². The molecular weight excluding hydrogens is 230 g/mol. The minimum Gasteiger partial charge on any atom is -0.307 e. The lowest BCUT2D eigenvalue weighted by atomic mass is 9.86. The van der Waals surface area contributed by atoms with Gasteiger partial charge < -0.3 is 5.32 Å². The highest BCUT2D eigenvalue weighted by atomic mass is 15.0. The molecule has 1 heteroatoms. The van der Waals surface area contributed by atoms with Crippen molar-refractivity contribution in [3.8, 4) is 0 Å². The zero-order chi connectivity index (χ0) is 13.7. The molecule has 0 heterocycles. The van der Waals surface area contributed by atoms with Crippen LogP contribution in [0.2, 0.25) is 0 Å². The van der Waals surface area contributed by atoms with Gasteiger partial charge in [-0.05, 0) is 42.7 Å². The highest BCUT2D eigenvalue weighted by molar-refractivity contribution is 5.25. The Hall–Kier alpha value is -0.820. The molecule has 0 spiro atoms. The van der Waals surface area contributed by atoms with Crippen LogP contribution in [-0.4, -0.2) is 6.04 Å². The third-order valence-corrected chi connectivity index (χ3v) is 4.57. The van der Waals surface area contributed by atoms with E-state index in [0.29, 0.717) is 6.04 Å². The standard InChI is InChI=1S/C18H29N/c1-4-15-9-11-16(12-10-15)18(5-2)19-17-8-6-7-14(3)13-17/h9-12,14,17-19H,4-8,13H2,1-3H3. The van der Waals surface area contributed by atoms with Gasteiger partial charge in [0.2, 0.25) is 0 Å². The average molecular weight is 259 g/mol. The molecule has 1 aliphatic rings. The monoisotopic (exact) mass is 259 g/mol. The van der Waals surface area contributed by atoms with E-state index in [4.69, 9.17) is 0 Å². The Kier molecular flexibility index (Phi) is 5.45. The van der Waals surface area contributed by atoms with Crippen molar-refractivity contribution in [1.29, 1.82) is 0 Å². The predicted molar refractivity (Wildman–Crippen MR) is 83.4 cm³/mol. The molecule has 0 amide bonds. The van der Waals surface area contributed by atoms with Gasteiger partial charge in [0.1, 0.15) is 0 Å². The van der Waals surface area contributed by atoms with Gasteiger partial charge in [0, 0.05) is 12.1 Å². The van der Waals surface area contributed by atoms with Gasteiger partial charge in [-0.15, -0.1) is 0 Å². The fraction of sp³-hybridized carbons (Fsp3) is 0.667. The summed E-state index contributed by atoms with van der Waals surface area (Å²) in [7, 11) is 0. The SMILES string of the molecule is CCc1ccc(C(CC)NC2CCCC(C)C2)cc1. The highest BCUT2D eigenvalue weighted by Crippen LogP contribution is 2.27. The molecule has 1 N–H and O–H groups in total. The molecule has 19 heavy (non-hydrogen) atoms. The van der Waals surface area contributed by atoms with Crippen LogP contribution in [0.3, 0.4) is 0 Å². The molecule has 1 aliphatic carbocycles. The number of aryl methyl sites for hydroxylation is 1. The molecule has 0 aliphatic heterocycles. The van der Waals surface area contributed by atoms with E-state index in [0.717, 1.165) is 18.4 Å². The lowest BCUT2D eigenvalue weighted by Crippen LogP contribution is -2.36. The number of nitrogens with one attached hydrogen (secondary N) is 1. The van der Waals surface area contributed by atoms with Gasteiger partial charge in [0.05, 0.1) is 0 Å². The quantitative estimate of drug-likeness (QED) is 0.795. The summed E-state index contributed by atoms with van der Waals surface area (Å²) in [5.74, 6) is 0.895. The van der Waals surface area contributed by atoms with Crippen LogP contribution >= 0.6 is 0 Å². The summed E-state index contributed by atoms with van der Waals surface area (Å²) < 4.78 is 0. The van der Waals surface area contributed by atoms with Crippen LogP contribution in [0, 0.1) is 5.92 Å². The first kappa shape index (κ1) is 14.6. The van der Waals surface area contributed by atoms with E-state index in [9.17, 15) is 0 Å². The first-order valence-corrected chi connectivity index (χ1v) is 8.07. The Morgan fingerprint density at radius 2 is 1.89 bits per heavy atom. The fourth-order valence-electron chi connectivity index (χ4n) is 3.31. The normalized spacial score (nSPS) is 25.2. The fourth-order valence-corrected chi connectivity index (χ4v) is 3.31. The van der Waals surface area contributed by atoms with Crippen LogP contribution in [0.5, 0.6) is 0 Å². The molecule has 106 valence electrons. The van der Waals surface area contributed by atoms with E-state index in [1.807, 2.05) is 0 Å². The topological polar surface area (TPSA) is 12.0 Å². The smallest absolute Gasteiger partial charge is 0.0320 e. The Morgan fingerprint density at radius 1 is 1.16 bits per heavy atom. The van der Waals surface area contributed by atoms with Crippen molar-refractivity contribution in [1.82, 2.24) is 5.32 Å². The van der Waals surface area contributed by atoms with E-state index in [2.05, 4.69) is 50.4 Å². The molecule has 1 saturated carbocycles. The van der Waals surface area contributed by atoms with Gasteiger partial charge in [-0.1, -0.05) is 57.9 Å². The van der Waals surface area contributed by atoms with Crippen molar-refractivity contribution >= 4 is 0 Å². The third kappa shape index (κ3) is 4.07. The predicted octanol–water partition coefficient (Wildman–Crippen LogP) is 4.87. The molecule has 1 aromatic carbocycles. The van der Waals surface area contributed by atoms with Gasteiger partial charge in [-0.3, -0.25) is 0 Å². The van der Waals surface area contributed by atoms with Crippen LogP contribution in [0.25, 0.3) is 0 Å². The molecule has 3 atom stereocenters. The maximum absolute atomic E-state index is 3.89. The van der Waals surface area contributed by atoms with Crippen molar-refractivity contribution in [2.75, 3.05) is 0 Å². The van der Waals surface area contributed by atoms with Crippen molar-refractivity contribution in [2.45, 2.75) is 71.4 Å². The number of rotatable bonds is 5. The van der Waals surface area contributed by atoms with Gasteiger partial charge in [-0.2, -0.15) is 0 Å². The molecular formula is C18H29N. The van der Waals surface area contributed by atoms with Gasteiger partial charge in [0.25, 0.3) is 0 Å². The van der Waals surface area contributed by atoms with Crippen LogP contribution < -0.4 is 5.32 Å². The summed E-state index contributed by atoms with van der Waals surface area (Å²) in [6.45, 7) is 6.90. The molecule has 1 aromatic rings. The second-order valence-electron chi connectivity index (χ2n) is 6.19. The molecule has 2 rings (SSSR count). The first-order chi connectivity index (χ1) is 9.22. The van der Waals surface area contributed by atoms with Crippen molar-refractivity contribution in [3.05, 3.63) is 35.4 Å². The summed E-state index contributed by atoms with van der Waals surface area (Å²) >= 11 is 0. The second kappa shape index (κ2) is 7.09. The zero-order valence-electron chi connectivity index (χ0n) is 12.8. The van der Waals surface area contributed by atoms with Crippen molar-refractivity contribution < 1.29 is 0 Å². The maximum Gasteiger partial charge on any atom is 0.0320 e. The Bertz CT molecular complexity index is 368. The summed E-state index contributed by atoms with van der Waals surface area (Å²) in [5, 5.41) is 3.89. The van der Waals surface area contributed by atoms with Crippen molar-refractivity contribution in [3.63, 3.8) is 0 Å². The third-order valence-electron chi connectivity index (χ3n) is 4.57. The van der Waals surface area contributed by atoms with Gasteiger partial charge >= 0.3 is 0 Å². The van der Waals surface area contributed by atoms with Gasteiger partial charge in [0.15, 0.2) is 0 Å². The molecule has 1 nitrogen and oxygen atoms in total. The zero-order valence-corrected chi connectivity index (χ0v) is 12.8. The van der Waals surface area contributed by atoms with Gasteiger partial charge in [-0.25, -0.2) is 0 Å². The second-order valence-corrected chi connectivity index (χ2v) is 6.19. The highest BCUT2D eigenvalue weighted by Gasteiger charge is 2.21. The Morgan fingerprint density at radius 3 is 2.47 bits per heavy atom. The summed E-state index contributed by atoms with van der Waals surface area (Å²) in [4.78, 5) is 0. The van der Waals surface area contributed by atoms with Crippen LogP contribution in [0.15, 0.2) is 24.3 Å². The Balaban J connectivity index is 1.98. The molecule has 0 bridgehead atoms. The number of hydrogen-bond donors (Lipinski definition) is 1. The molecule has 0 saturated heterocycles. The lowest BCUT2D eigenvalue weighted by Gasteiger charge is -2.31. The molecule has 0 aromatic heterocycles. The lowest BCUT2D eigenvalue weighted by molar-refractivity contribution is 0.278. The van der Waals surface area contributed by atoms with E-state index < -0.39 is 0 Å². The molecule has 0 radical (unpaired) electrons.